The molecule has 1 atom stereocenters. The van der Waals surface area contributed by atoms with Gasteiger partial charge in [-0.25, -0.2) is 23.5 Å². The van der Waals surface area contributed by atoms with Crippen molar-refractivity contribution in [1.29, 1.82) is 0 Å². The van der Waals surface area contributed by atoms with E-state index in [9.17, 15) is 13.6 Å². The van der Waals surface area contributed by atoms with E-state index >= 15 is 0 Å². The maximum atomic E-state index is 13.6. The number of ether oxygens (including phenoxy) is 2. The molecule has 0 saturated heterocycles. The molecule has 29 heavy (non-hydrogen) atoms. The molecule has 2 heterocycles. The normalized spacial score (nSPS) is 13.3. The monoisotopic (exact) mass is 408 g/mol. The molecule has 158 valence electrons. The topological polar surface area (TPSA) is 99.4 Å². The molecular formula is C20H26F2N4O3. The highest BCUT2D eigenvalue weighted by atomic mass is 19.3. The lowest BCUT2D eigenvalue weighted by atomic mass is 9.93. The second kappa shape index (κ2) is 9.60. The van der Waals surface area contributed by atoms with Crippen molar-refractivity contribution in [3.05, 3.63) is 36.2 Å². The molecule has 2 aromatic rings. The van der Waals surface area contributed by atoms with E-state index in [1.54, 1.807) is 6.07 Å². The average molecular weight is 408 g/mol. The third kappa shape index (κ3) is 6.63. The number of carbonyl (C=O) groups excluding carboxylic acids is 1. The van der Waals surface area contributed by atoms with Crippen LogP contribution in [0.2, 0.25) is 0 Å². The highest BCUT2D eigenvalue weighted by molar-refractivity contribution is 5.84. The SMILES string of the molecule is COC(=O)Nc1cc(-c2cnc(OC[C@](C)(N)CC(C)C)c(C(F)F)c2)ccn1. The molecule has 1 amide bonds. The Morgan fingerprint density at radius 3 is 2.62 bits per heavy atom. The summed E-state index contributed by atoms with van der Waals surface area (Å²) in [6.45, 7) is 5.94. The number of halogens is 2. The Labute approximate surface area is 168 Å². The van der Waals surface area contributed by atoms with E-state index in [1.807, 2.05) is 20.8 Å². The Morgan fingerprint density at radius 2 is 2.00 bits per heavy atom. The van der Waals surface area contributed by atoms with Crippen molar-refractivity contribution in [2.24, 2.45) is 11.7 Å². The minimum absolute atomic E-state index is 0.0691. The van der Waals surface area contributed by atoms with Crippen molar-refractivity contribution < 1.29 is 23.0 Å². The molecule has 0 aliphatic heterocycles. The van der Waals surface area contributed by atoms with E-state index in [-0.39, 0.29) is 23.9 Å². The molecule has 9 heteroatoms. The number of aromatic nitrogens is 2. The van der Waals surface area contributed by atoms with Crippen LogP contribution in [-0.4, -0.2) is 35.3 Å². The lowest BCUT2D eigenvalue weighted by Crippen LogP contribution is -2.43. The molecule has 0 aromatic carbocycles. The molecule has 0 aliphatic rings. The van der Waals surface area contributed by atoms with Crippen LogP contribution in [0.1, 0.15) is 39.2 Å². The average Bonchev–Trinajstić information content (AvgIpc) is 2.65. The summed E-state index contributed by atoms with van der Waals surface area (Å²) in [5, 5.41) is 2.42. The summed E-state index contributed by atoms with van der Waals surface area (Å²) in [6, 6.07) is 4.46. The molecule has 0 aliphatic carbocycles. The number of alkyl halides is 2. The fraction of sp³-hybridized carbons (Fsp3) is 0.450. The summed E-state index contributed by atoms with van der Waals surface area (Å²) in [6.07, 6.45) is 0.0903. The Bertz CT molecular complexity index is 844. The first kappa shape index (κ1) is 22.5. The Kier molecular flexibility index (Phi) is 7.44. The van der Waals surface area contributed by atoms with Gasteiger partial charge in [0.1, 0.15) is 12.4 Å². The molecule has 3 N–H and O–H groups in total. The van der Waals surface area contributed by atoms with Crippen molar-refractivity contribution in [2.45, 2.75) is 39.2 Å². The van der Waals surface area contributed by atoms with Crippen LogP contribution in [0, 0.1) is 5.92 Å². The van der Waals surface area contributed by atoms with Gasteiger partial charge in [0.15, 0.2) is 0 Å². The highest BCUT2D eigenvalue weighted by Crippen LogP contribution is 2.32. The van der Waals surface area contributed by atoms with Gasteiger partial charge in [-0.05, 0) is 43.0 Å². The zero-order chi connectivity index (χ0) is 21.6. The molecule has 0 fully saturated rings. The fourth-order valence-electron chi connectivity index (χ4n) is 2.96. The van der Waals surface area contributed by atoms with Gasteiger partial charge < -0.3 is 15.2 Å². The summed E-state index contributed by atoms with van der Waals surface area (Å²) in [7, 11) is 1.23. The van der Waals surface area contributed by atoms with E-state index in [1.165, 1.54) is 31.6 Å². The predicted octanol–water partition coefficient (Wildman–Crippen LogP) is 4.40. The van der Waals surface area contributed by atoms with Gasteiger partial charge >= 0.3 is 6.09 Å². The number of hydrogen-bond acceptors (Lipinski definition) is 6. The van der Waals surface area contributed by atoms with Gasteiger partial charge in [0, 0.05) is 23.5 Å². The number of nitrogens with one attached hydrogen (secondary N) is 1. The van der Waals surface area contributed by atoms with E-state index in [0.717, 1.165) is 0 Å². The van der Waals surface area contributed by atoms with E-state index in [2.05, 4.69) is 20.0 Å². The molecule has 0 saturated carbocycles. The third-order valence-electron chi connectivity index (χ3n) is 4.04. The maximum absolute atomic E-state index is 13.6. The van der Waals surface area contributed by atoms with Crippen LogP contribution >= 0.6 is 0 Å². The van der Waals surface area contributed by atoms with E-state index in [4.69, 9.17) is 10.5 Å². The number of anilines is 1. The number of pyridine rings is 2. The van der Waals surface area contributed by atoms with Crippen molar-refractivity contribution in [3.63, 3.8) is 0 Å². The smallest absolute Gasteiger partial charge is 0.412 e. The number of carbonyl (C=O) groups is 1. The number of nitrogens with zero attached hydrogens (tertiary/aromatic N) is 2. The van der Waals surface area contributed by atoms with Crippen LogP contribution in [0.3, 0.4) is 0 Å². The molecule has 0 radical (unpaired) electrons. The molecule has 7 nitrogen and oxygen atoms in total. The highest BCUT2D eigenvalue weighted by Gasteiger charge is 2.24. The van der Waals surface area contributed by atoms with Crippen LogP contribution in [0.15, 0.2) is 30.6 Å². The first-order valence-electron chi connectivity index (χ1n) is 9.12. The predicted molar refractivity (Wildman–Crippen MR) is 106 cm³/mol. The van der Waals surface area contributed by atoms with Crippen LogP contribution in [0.25, 0.3) is 11.1 Å². The van der Waals surface area contributed by atoms with Crippen molar-refractivity contribution in [2.75, 3.05) is 19.0 Å². The van der Waals surface area contributed by atoms with Gasteiger partial charge in [-0.15, -0.1) is 0 Å². The number of amides is 1. The standard InChI is InChI=1S/C20H26F2N4O3/c1-12(2)9-20(3,23)11-29-18-15(17(21)22)7-14(10-25-18)13-5-6-24-16(8-13)26-19(27)28-4/h5-8,10,12,17H,9,11,23H2,1-4H3,(H,24,26,27)/t20-/m1/s1. The van der Waals surface area contributed by atoms with Gasteiger partial charge in [-0.2, -0.15) is 0 Å². The van der Waals surface area contributed by atoms with Crippen LogP contribution < -0.4 is 15.8 Å². The summed E-state index contributed by atoms with van der Waals surface area (Å²) >= 11 is 0. The van der Waals surface area contributed by atoms with Crippen LogP contribution in [-0.2, 0) is 4.74 Å². The van der Waals surface area contributed by atoms with E-state index < -0.39 is 18.1 Å². The molecule has 2 aromatic heterocycles. The van der Waals surface area contributed by atoms with Crippen LogP contribution in [0.4, 0.5) is 19.4 Å². The number of nitrogens with two attached hydrogens (primary N) is 1. The van der Waals surface area contributed by atoms with Gasteiger partial charge in [0.05, 0.1) is 12.7 Å². The lowest BCUT2D eigenvalue weighted by molar-refractivity contribution is 0.137. The first-order chi connectivity index (χ1) is 13.6. The molecule has 0 bridgehead atoms. The fourth-order valence-corrected chi connectivity index (χ4v) is 2.96. The van der Waals surface area contributed by atoms with Gasteiger partial charge in [0.25, 0.3) is 6.43 Å². The van der Waals surface area contributed by atoms with Gasteiger partial charge in [0.2, 0.25) is 5.88 Å². The van der Waals surface area contributed by atoms with E-state index in [0.29, 0.717) is 23.5 Å². The van der Waals surface area contributed by atoms with Crippen LogP contribution in [0.5, 0.6) is 5.88 Å². The Hall–Kier alpha value is -2.81. The first-order valence-corrected chi connectivity index (χ1v) is 9.12. The number of rotatable bonds is 8. The second-order valence-corrected chi connectivity index (χ2v) is 7.51. The molecule has 0 unspecified atom stereocenters. The summed E-state index contributed by atoms with van der Waals surface area (Å²) < 4.78 is 37.3. The third-order valence-corrected chi connectivity index (χ3v) is 4.04. The number of methoxy groups -OCH3 is 1. The second-order valence-electron chi connectivity index (χ2n) is 7.51. The Balaban J connectivity index is 2.26. The Morgan fingerprint density at radius 1 is 1.28 bits per heavy atom. The van der Waals surface area contributed by atoms with Crippen molar-refractivity contribution in [1.82, 2.24) is 9.97 Å². The molecular weight excluding hydrogens is 382 g/mol. The van der Waals surface area contributed by atoms with Gasteiger partial charge in [-0.3, -0.25) is 5.32 Å². The summed E-state index contributed by atoms with van der Waals surface area (Å²) in [4.78, 5) is 19.4. The zero-order valence-electron chi connectivity index (χ0n) is 16.9. The van der Waals surface area contributed by atoms with Crippen molar-refractivity contribution >= 4 is 11.9 Å². The zero-order valence-corrected chi connectivity index (χ0v) is 16.9. The quantitative estimate of drug-likeness (QED) is 0.672. The maximum Gasteiger partial charge on any atom is 0.412 e. The largest absolute Gasteiger partial charge is 0.475 e. The minimum Gasteiger partial charge on any atom is -0.475 e. The molecule has 2 rings (SSSR count). The van der Waals surface area contributed by atoms with Crippen molar-refractivity contribution in [3.8, 4) is 17.0 Å². The summed E-state index contributed by atoms with van der Waals surface area (Å²) in [5.74, 6) is 0.421. The number of hydrogen-bond donors (Lipinski definition) is 2. The molecule has 0 spiro atoms. The van der Waals surface area contributed by atoms with Gasteiger partial charge in [-0.1, -0.05) is 13.8 Å². The lowest BCUT2D eigenvalue weighted by Gasteiger charge is -2.26. The minimum atomic E-state index is -2.78. The summed E-state index contributed by atoms with van der Waals surface area (Å²) in [5.41, 5.74) is 6.18.